The summed E-state index contributed by atoms with van der Waals surface area (Å²) in [5, 5.41) is 9.27. The molecular weight excluding hydrogens is 176 g/mol. The predicted octanol–water partition coefficient (Wildman–Crippen LogP) is 2.41. The number of aldehydes is 1. The third-order valence-corrected chi connectivity index (χ3v) is 1.63. The number of aliphatic hydroxyl groups is 1. The van der Waals surface area contributed by atoms with Crippen LogP contribution in [0.25, 0.3) is 0 Å². The maximum absolute atomic E-state index is 9.93. The van der Waals surface area contributed by atoms with Crippen molar-refractivity contribution in [2.75, 3.05) is 0 Å². The van der Waals surface area contributed by atoms with Gasteiger partial charge in [-0.15, -0.1) is 0 Å². The standard InChI is InChI=1S/C12H18O2/c1-2-3-4-5-6-7-9-12(14)10-8-11-13/h3-4,6-8,10-12,14H,2,5,9H2,1H3. The Balaban J connectivity index is 3.55. The maximum Gasteiger partial charge on any atom is 0.142 e. The second kappa shape index (κ2) is 9.93. The van der Waals surface area contributed by atoms with E-state index in [-0.39, 0.29) is 0 Å². The summed E-state index contributed by atoms with van der Waals surface area (Å²) in [6, 6.07) is 0. The first-order valence-corrected chi connectivity index (χ1v) is 4.91. The lowest BCUT2D eigenvalue weighted by Gasteiger charge is -1.97. The molecule has 0 aromatic rings. The van der Waals surface area contributed by atoms with Crippen LogP contribution in [0, 0.1) is 0 Å². The van der Waals surface area contributed by atoms with Crippen LogP contribution in [0.1, 0.15) is 26.2 Å². The number of allylic oxidation sites excluding steroid dienone is 4. The van der Waals surface area contributed by atoms with Crippen molar-refractivity contribution in [3.63, 3.8) is 0 Å². The van der Waals surface area contributed by atoms with Crippen LogP contribution in [-0.4, -0.2) is 17.5 Å². The zero-order valence-corrected chi connectivity index (χ0v) is 8.60. The Hall–Kier alpha value is -1.15. The highest BCUT2D eigenvalue weighted by Crippen LogP contribution is 1.96. The van der Waals surface area contributed by atoms with Crippen molar-refractivity contribution in [1.29, 1.82) is 0 Å². The largest absolute Gasteiger partial charge is 0.389 e. The molecule has 0 heterocycles. The van der Waals surface area contributed by atoms with Crippen LogP contribution in [0.4, 0.5) is 0 Å². The fourth-order valence-electron chi connectivity index (χ4n) is 0.926. The first-order chi connectivity index (χ1) is 6.81. The van der Waals surface area contributed by atoms with Gasteiger partial charge in [0.2, 0.25) is 0 Å². The molecule has 1 atom stereocenters. The molecule has 0 amide bonds. The minimum absolute atomic E-state index is 0.549. The average Bonchev–Trinajstić information content (AvgIpc) is 2.20. The van der Waals surface area contributed by atoms with Gasteiger partial charge in [0.25, 0.3) is 0 Å². The molecule has 0 bridgehead atoms. The molecule has 2 heteroatoms. The van der Waals surface area contributed by atoms with E-state index in [0.29, 0.717) is 12.7 Å². The summed E-state index contributed by atoms with van der Waals surface area (Å²) in [6.07, 6.45) is 13.5. The summed E-state index contributed by atoms with van der Waals surface area (Å²) in [5.74, 6) is 0. The van der Waals surface area contributed by atoms with Gasteiger partial charge < -0.3 is 5.11 Å². The Morgan fingerprint density at radius 2 is 1.93 bits per heavy atom. The number of carbonyl (C=O) groups is 1. The fraction of sp³-hybridized carbons (Fsp3) is 0.417. The molecule has 0 aliphatic rings. The second-order valence-corrected chi connectivity index (χ2v) is 2.91. The second-order valence-electron chi connectivity index (χ2n) is 2.91. The molecule has 0 aliphatic heterocycles. The molecule has 0 aromatic heterocycles. The van der Waals surface area contributed by atoms with Crippen LogP contribution in [0.15, 0.2) is 36.5 Å². The third kappa shape index (κ3) is 8.94. The van der Waals surface area contributed by atoms with Gasteiger partial charge in [-0.1, -0.05) is 37.3 Å². The summed E-state index contributed by atoms with van der Waals surface area (Å²) in [7, 11) is 0. The van der Waals surface area contributed by atoms with Crippen LogP contribution >= 0.6 is 0 Å². The highest BCUT2D eigenvalue weighted by atomic mass is 16.3. The zero-order valence-electron chi connectivity index (χ0n) is 8.60. The summed E-state index contributed by atoms with van der Waals surface area (Å²) < 4.78 is 0. The molecule has 0 spiro atoms. The Labute approximate surface area is 85.6 Å². The minimum atomic E-state index is -0.549. The van der Waals surface area contributed by atoms with Gasteiger partial charge in [0.05, 0.1) is 6.10 Å². The van der Waals surface area contributed by atoms with E-state index in [1.807, 2.05) is 12.2 Å². The summed E-state index contributed by atoms with van der Waals surface area (Å²) >= 11 is 0. The topological polar surface area (TPSA) is 37.3 Å². The number of rotatable bonds is 7. The van der Waals surface area contributed by atoms with Crippen molar-refractivity contribution in [1.82, 2.24) is 0 Å². The van der Waals surface area contributed by atoms with Gasteiger partial charge in [0.15, 0.2) is 0 Å². The minimum Gasteiger partial charge on any atom is -0.389 e. The lowest BCUT2D eigenvalue weighted by Crippen LogP contribution is -1.98. The van der Waals surface area contributed by atoms with E-state index >= 15 is 0 Å². The molecule has 0 aromatic carbocycles. The number of hydrogen-bond donors (Lipinski definition) is 1. The van der Waals surface area contributed by atoms with E-state index in [9.17, 15) is 9.90 Å². The predicted molar refractivity (Wildman–Crippen MR) is 59.0 cm³/mol. The van der Waals surface area contributed by atoms with E-state index < -0.39 is 6.10 Å². The number of hydrogen-bond acceptors (Lipinski definition) is 2. The van der Waals surface area contributed by atoms with Gasteiger partial charge in [-0.3, -0.25) is 4.79 Å². The Morgan fingerprint density at radius 3 is 2.57 bits per heavy atom. The van der Waals surface area contributed by atoms with Crippen LogP contribution < -0.4 is 0 Å². The van der Waals surface area contributed by atoms with Crippen molar-refractivity contribution in [2.24, 2.45) is 0 Å². The molecule has 0 saturated carbocycles. The summed E-state index contributed by atoms with van der Waals surface area (Å²) in [6.45, 7) is 2.09. The van der Waals surface area contributed by atoms with Crippen molar-refractivity contribution in [3.05, 3.63) is 36.5 Å². The Kier molecular flexibility index (Phi) is 9.12. The molecule has 2 nitrogen and oxygen atoms in total. The molecule has 0 rings (SSSR count). The van der Waals surface area contributed by atoms with E-state index in [0.717, 1.165) is 12.8 Å². The highest BCUT2D eigenvalue weighted by Gasteiger charge is 1.92. The van der Waals surface area contributed by atoms with Crippen LogP contribution in [0.3, 0.4) is 0 Å². The van der Waals surface area contributed by atoms with E-state index in [1.165, 1.54) is 12.2 Å². The van der Waals surface area contributed by atoms with Gasteiger partial charge in [-0.25, -0.2) is 0 Å². The van der Waals surface area contributed by atoms with Crippen molar-refractivity contribution in [2.45, 2.75) is 32.3 Å². The zero-order chi connectivity index (χ0) is 10.6. The van der Waals surface area contributed by atoms with E-state index in [1.54, 1.807) is 0 Å². The smallest absolute Gasteiger partial charge is 0.142 e. The van der Waals surface area contributed by atoms with Gasteiger partial charge in [0, 0.05) is 0 Å². The molecule has 14 heavy (non-hydrogen) atoms. The molecule has 1 unspecified atom stereocenters. The fourth-order valence-corrected chi connectivity index (χ4v) is 0.926. The van der Waals surface area contributed by atoms with Crippen molar-refractivity contribution in [3.8, 4) is 0 Å². The normalized spacial score (nSPS) is 14.4. The number of carbonyl (C=O) groups excluding carboxylic acids is 1. The van der Waals surface area contributed by atoms with E-state index in [2.05, 4.69) is 19.1 Å². The van der Waals surface area contributed by atoms with Crippen LogP contribution in [0.2, 0.25) is 0 Å². The first kappa shape index (κ1) is 12.8. The number of aliphatic hydroxyl groups excluding tert-OH is 1. The molecule has 0 saturated heterocycles. The Morgan fingerprint density at radius 1 is 1.21 bits per heavy atom. The third-order valence-electron chi connectivity index (χ3n) is 1.63. The summed E-state index contributed by atoms with van der Waals surface area (Å²) in [5.41, 5.74) is 0. The van der Waals surface area contributed by atoms with E-state index in [4.69, 9.17) is 0 Å². The van der Waals surface area contributed by atoms with Crippen LogP contribution in [0.5, 0.6) is 0 Å². The molecule has 1 N–H and O–H groups in total. The molecule has 0 aliphatic carbocycles. The van der Waals surface area contributed by atoms with Crippen molar-refractivity contribution < 1.29 is 9.90 Å². The molecule has 78 valence electrons. The molecule has 0 fully saturated rings. The SMILES string of the molecule is CCC=CCC=CCC(O)C=CC=O. The summed E-state index contributed by atoms with van der Waals surface area (Å²) in [4.78, 5) is 9.93. The highest BCUT2D eigenvalue weighted by molar-refractivity contribution is 5.64. The molecule has 0 radical (unpaired) electrons. The maximum atomic E-state index is 9.93. The van der Waals surface area contributed by atoms with Crippen LogP contribution in [-0.2, 0) is 4.79 Å². The quantitative estimate of drug-likeness (QED) is 0.384. The lowest BCUT2D eigenvalue weighted by atomic mass is 10.2. The van der Waals surface area contributed by atoms with Gasteiger partial charge in [-0.2, -0.15) is 0 Å². The monoisotopic (exact) mass is 194 g/mol. The van der Waals surface area contributed by atoms with Crippen molar-refractivity contribution >= 4 is 6.29 Å². The average molecular weight is 194 g/mol. The molecular formula is C12H18O2. The van der Waals surface area contributed by atoms with Gasteiger partial charge in [-0.05, 0) is 25.3 Å². The van der Waals surface area contributed by atoms with Gasteiger partial charge >= 0.3 is 0 Å². The lowest BCUT2D eigenvalue weighted by molar-refractivity contribution is -0.104. The van der Waals surface area contributed by atoms with Gasteiger partial charge in [0.1, 0.15) is 6.29 Å². The Bertz CT molecular complexity index is 214. The first-order valence-electron chi connectivity index (χ1n) is 4.91.